The third-order valence-electron chi connectivity index (χ3n) is 4.11. The molecule has 0 spiro atoms. The van der Waals surface area contributed by atoms with Gasteiger partial charge in [-0.05, 0) is 32.0 Å². The van der Waals surface area contributed by atoms with Crippen molar-refractivity contribution in [3.05, 3.63) is 59.4 Å². The summed E-state index contributed by atoms with van der Waals surface area (Å²) in [6.45, 7) is 4.17. The molecule has 9 heteroatoms. The number of halogens is 2. The molecule has 2 heterocycles. The van der Waals surface area contributed by atoms with Crippen LogP contribution in [0, 0.1) is 11.6 Å². The minimum Gasteiger partial charge on any atom is -0.493 e. The largest absolute Gasteiger partial charge is 0.493 e. The molecule has 29 heavy (non-hydrogen) atoms. The summed E-state index contributed by atoms with van der Waals surface area (Å²) in [7, 11) is 0. The van der Waals surface area contributed by atoms with Gasteiger partial charge in [-0.2, -0.15) is 5.10 Å². The summed E-state index contributed by atoms with van der Waals surface area (Å²) in [5, 5.41) is 4.12. The number of primary amides is 1. The lowest BCUT2D eigenvalue weighted by Crippen LogP contribution is -2.13. The number of carbonyl (C=O) groups is 1. The second-order valence-corrected chi connectivity index (χ2v) is 6.02. The van der Waals surface area contributed by atoms with E-state index in [1.165, 1.54) is 23.0 Å². The smallest absolute Gasteiger partial charge is 0.269 e. The minimum absolute atomic E-state index is 0.0481. The molecule has 0 atom stereocenters. The summed E-state index contributed by atoms with van der Waals surface area (Å²) in [5.41, 5.74) is 5.97. The van der Waals surface area contributed by atoms with Crippen molar-refractivity contribution in [3.8, 4) is 22.9 Å². The molecule has 3 rings (SSSR count). The van der Waals surface area contributed by atoms with Crippen LogP contribution < -0.4 is 15.2 Å². The number of aromatic nitrogens is 3. The van der Waals surface area contributed by atoms with Crippen molar-refractivity contribution >= 4 is 5.91 Å². The lowest BCUT2D eigenvalue weighted by Gasteiger charge is -2.14. The average molecular weight is 402 g/mol. The molecule has 0 bridgehead atoms. The Morgan fingerprint density at radius 2 is 1.83 bits per heavy atom. The van der Waals surface area contributed by atoms with Crippen LogP contribution in [0.4, 0.5) is 8.78 Å². The van der Waals surface area contributed by atoms with Crippen LogP contribution in [0.1, 0.15) is 29.9 Å². The maximum absolute atomic E-state index is 14.1. The van der Waals surface area contributed by atoms with Gasteiger partial charge in [0.1, 0.15) is 17.4 Å². The van der Waals surface area contributed by atoms with Crippen LogP contribution in [-0.4, -0.2) is 33.9 Å². The van der Waals surface area contributed by atoms with Crippen LogP contribution in [0.25, 0.3) is 11.3 Å². The molecular formula is C20H20F2N4O3. The molecule has 2 aromatic heterocycles. The Hall–Kier alpha value is -3.49. The second-order valence-electron chi connectivity index (χ2n) is 6.02. The van der Waals surface area contributed by atoms with E-state index in [0.29, 0.717) is 36.1 Å². The average Bonchev–Trinajstić information content (AvgIpc) is 3.10. The maximum Gasteiger partial charge on any atom is 0.269 e. The van der Waals surface area contributed by atoms with Crippen LogP contribution in [0.5, 0.6) is 11.6 Å². The van der Waals surface area contributed by atoms with Crippen LogP contribution in [0.2, 0.25) is 0 Å². The number of hydrogen-bond acceptors (Lipinski definition) is 5. The monoisotopic (exact) mass is 402 g/mol. The van der Waals surface area contributed by atoms with Gasteiger partial charge in [-0.3, -0.25) is 9.48 Å². The van der Waals surface area contributed by atoms with Gasteiger partial charge in [0.2, 0.25) is 5.88 Å². The lowest BCUT2D eigenvalue weighted by atomic mass is 10.1. The van der Waals surface area contributed by atoms with Gasteiger partial charge in [-0.25, -0.2) is 13.8 Å². The number of ether oxygens (including phenoxy) is 2. The van der Waals surface area contributed by atoms with Crippen LogP contribution in [-0.2, 0) is 6.54 Å². The molecule has 0 aliphatic carbocycles. The van der Waals surface area contributed by atoms with Gasteiger partial charge < -0.3 is 15.2 Å². The first kappa shape index (κ1) is 20.2. The highest BCUT2D eigenvalue weighted by molar-refractivity contribution is 5.92. The zero-order chi connectivity index (χ0) is 21.0. The molecule has 0 aliphatic heterocycles. The van der Waals surface area contributed by atoms with Crippen molar-refractivity contribution in [2.24, 2.45) is 5.73 Å². The summed E-state index contributed by atoms with van der Waals surface area (Å²) in [5.74, 6) is -1.42. The van der Waals surface area contributed by atoms with E-state index in [2.05, 4.69) is 10.1 Å². The predicted molar refractivity (Wildman–Crippen MR) is 102 cm³/mol. The minimum atomic E-state index is -0.768. The van der Waals surface area contributed by atoms with Crippen LogP contribution in [0.3, 0.4) is 0 Å². The van der Waals surface area contributed by atoms with Gasteiger partial charge in [0.25, 0.3) is 5.91 Å². The summed E-state index contributed by atoms with van der Waals surface area (Å²) in [6, 6.07) is 6.62. The zero-order valence-electron chi connectivity index (χ0n) is 16.0. The number of nitrogens with two attached hydrogens (primary N) is 1. The molecule has 0 aliphatic rings. The van der Waals surface area contributed by atoms with Gasteiger partial charge >= 0.3 is 0 Å². The van der Waals surface area contributed by atoms with Gasteiger partial charge in [-0.1, -0.05) is 6.07 Å². The van der Waals surface area contributed by atoms with E-state index in [-0.39, 0.29) is 17.8 Å². The number of nitrogens with zero attached hydrogens (tertiary/aromatic N) is 3. The molecule has 0 saturated heterocycles. The van der Waals surface area contributed by atoms with E-state index in [0.717, 1.165) is 12.1 Å². The molecule has 0 unspecified atom stereocenters. The number of rotatable bonds is 8. The van der Waals surface area contributed by atoms with E-state index in [1.807, 2.05) is 13.8 Å². The molecule has 0 fully saturated rings. The first-order valence-corrected chi connectivity index (χ1v) is 9.01. The molecule has 0 radical (unpaired) electrons. The van der Waals surface area contributed by atoms with Crippen LogP contribution in [0.15, 0.2) is 36.5 Å². The first-order valence-electron chi connectivity index (χ1n) is 9.01. The first-order chi connectivity index (χ1) is 13.9. The Balaban J connectivity index is 2.13. The Morgan fingerprint density at radius 1 is 1.14 bits per heavy atom. The summed E-state index contributed by atoms with van der Waals surface area (Å²) in [6.07, 6.45) is 1.49. The van der Waals surface area contributed by atoms with E-state index >= 15 is 0 Å². The Morgan fingerprint density at radius 3 is 2.45 bits per heavy atom. The topological polar surface area (TPSA) is 92.3 Å². The zero-order valence-corrected chi connectivity index (χ0v) is 16.0. The molecule has 2 N–H and O–H groups in total. The summed E-state index contributed by atoms with van der Waals surface area (Å²) < 4.78 is 40.7. The van der Waals surface area contributed by atoms with Crippen LogP contribution >= 0.6 is 0 Å². The summed E-state index contributed by atoms with van der Waals surface area (Å²) >= 11 is 0. The highest BCUT2D eigenvalue weighted by atomic mass is 19.1. The van der Waals surface area contributed by atoms with E-state index in [9.17, 15) is 13.6 Å². The van der Waals surface area contributed by atoms with Crippen molar-refractivity contribution in [1.29, 1.82) is 0 Å². The number of amides is 1. The number of hydrogen-bond donors (Lipinski definition) is 1. The second kappa shape index (κ2) is 8.68. The van der Waals surface area contributed by atoms with Gasteiger partial charge in [0.05, 0.1) is 31.0 Å². The highest BCUT2D eigenvalue weighted by Crippen LogP contribution is 2.33. The fourth-order valence-electron chi connectivity index (χ4n) is 2.82. The third kappa shape index (κ3) is 4.34. The Bertz CT molecular complexity index is 1020. The van der Waals surface area contributed by atoms with Gasteiger partial charge in [0.15, 0.2) is 5.69 Å². The molecule has 3 aromatic rings. The van der Waals surface area contributed by atoms with Crippen molar-refractivity contribution in [2.75, 3.05) is 13.2 Å². The van der Waals surface area contributed by atoms with E-state index in [1.54, 1.807) is 6.07 Å². The molecule has 1 aromatic carbocycles. The Kier molecular flexibility index (Phi) is 6.06. The number of pyridine rings is 1. The standard InChI is InChI=1S/C20H20F2N4O3/c1-3-28-18-9-19(29-4-2)24-10-12(18)17-8-16(20(23)27)25-26(17)11-13-14(21)6-5-7-15(13)22/h5-10H,3-4,11H2,1-2H3,(H2,23,27). The Labute approximate surface area is 166 Å². The normalized spacial score (nSPS) is 10.8. The summed E-state index contributed by atoms with van der Waals surface area (Å²) in [4.78, 5) is 15.9. The lowest BCUT2D eigenvalue weighted by molar-refractivity contribution is 0.0995. The molecule has 152 valence electrons. The van der Waals surface area contributed by atoms with Gasteiger partial charge in [-0.15, -0.1) is 0 Å². The molecule has 7 nitrogen and oxygen atoms in total. The van der Waals surface area contributed by atoms with Crippen molar-refractivity contribution in [3.63, 3.8) is 0 Å². The predicted octanol–water partition coefficient (Wildman–Crippen LogP) is 3.17. The van der Waals surface area contributed by atoms with Crippen molar-refractivity contribution in [1.82, 2.24) is 14.8 Å². The fraction of sp³-hybridized carbons (Fsp3) is 0.250. The fourth-order valence-corrected chi connectivity index (χ4v) is 2.82. The maximum atomic E-state index is 14.1. The number of carbonyl (C=O) groups excluding carboxylic acids is 1. The van der Waals surface area contributed by atoms with Crippen molar-refractivity contribution < 1.29 is 23.0 Å². The molecule has 0 saturated carbocycles. The quantitative estimate of drug-likeness (QED) is 0.625. The highest BCUT2D eigenvalue weighted by Gasteiger charge is 2.20. The van der Waals surface area contributed by atoms with Crippen molar-refractivity contribution in [2.45, 2.75) is 20.4 Å². The molecular weight excluding hydrogens is 382 g/mol. The third-order valence-corrected chi connectivity index (χ3v) is 4.11. The number of benzene rings is 1. The van der Waals surface area contributed by atoms with E-state index < -0.39 is 17.5 Å². The molecule has 1 amide bonds. The SMILES string of the molecule is CCOc1cc(OCC)c(-c2cc(C(N)=O)nn2Cc2c(F)cccc2F)cn1. The van der Waals surface area contributed by atoms with E-state index in [4.69, 9.17) is 15.2 Å². The van der Waals surface area contributed by atoms with Gasteiger partial charge in [0, 0.05) is 17.8 Å².